The van der Waals surface area contributed by atoms with Crippen LogP contribution in [0, 0.1) is 18.6 Å². The number of ether oxygens (including phenoxy) is 1. The molecular weight excluding hydrogens is 318 g/mol. The molecule has 1 unspecified atom stereocenters. The lowest BCUT2D eigenvalue weighted by molar-refractivity contribution is 0.102. The molecule has 0 amide bonds. The minimum atomic E-state index is -0.283. The van der Waals surface area contributed by atoms with Gasteiger partial charge in [-0.3, -0.25) is 0 Å². The smallest absolute Gasteiger partial charge is 0.200 e. The Bertz CT molecular complexity index is 748. The van der Waals surface area contributed by atoms with Crippen LogP contribution in [0.1, 0.15) is 36.6 Å². The zero-order valence-corrected chi connectivity index (χ0v) is 14.6. The molecule has 1 saturated carbocycles. The molecule has 22 heavy (non-hydrogen) atoms. The summed E-state index contributed by atoms with van der Waals surface area (Å²) in [6.45, 7) is 4.14. The van der Waals surface area contributed by atoms with Crippen molar-refractivity contribution in [3.8, 4) is 5.75 Å². The Kier molecular flexibility index (Phi) is 4.03. The van der Waals surface area contributed by atoms with Crippen LogP contribution in [0.15, 0.2) is 24.5 Å². The summed E-state index contributed by atoms with van der Waals surface area (Å²) < 4.78 is 10.5. The van der Waals surface area contributed by atoms with Gasteiger partial charge >= 0.3 is 0 Å². The molecule has 0 aliphatic heterocycles. The Hall–Kier alpha value is -1.33. The molecular formula is C16H20ClN3OS. The van der Waals surface area contributed by atoms with Gasteiger partial charge in [0.2, 0.25) is 4.77 Å². The first-order valence-electron chi connectivity index (χ1n) is 7.41. The molecule has 0 N–H and O–H groups in total. The molecule has 3 rings (SSSR count). The van der Waals surface area contributed by atoms with Gasteiger partial charge in [-0.05, 0) is 56.1 Å². The van der Waals surface area contributed by atoms with Crippen LogP contribution in [0.2, 0.25) is 0 Å². The number of nitrogens with zero attached hydrogens (tertiary/aromatic N) is 3. The summed E-state index contributed by atoms with van der Waals surface area (Å²) in [5.41, 5.74) is 2.34. The van der Waals surface area contributed by atoms with Crippen molar-refractivity contribution < 1.29 is 4.74 Å². The average Bonchev–Trinajstić information content (AvgIpc) is 3.11. The van der Waals surface area contributed by atoms with Crippen LogP contribution in [0.25, 0.3) is 0 Å². The second kappa shape index (κ2) is 5.70. The van der Waals surface area contributed by atoms with Gasteiger partial charge in [-0.1, -0.05) is 12.1 Å². The standard InChI is InChI=1S/C16H20ClN3OS/c1-11-5-4-6-13(12(11)2)21-14(9-16(17)7-8-16)20-15(22)19(3)10-18-20/h4-6,10,14H,7-9H2,1-3H3. The fraction of sp³-hybridized carbons (Fsp3) is 0.500. The van der Waals surface area contributed by atoms with Crippen molar-refractivity contribution >= 4 is 23.8 Å². The van der Waals surface area contributed by atoms with Crippen LogP contribution >= 0.6 is 23.8 Å². The predicted octanol–water partition coefficient (Wildman–Crippen LogP) is 4.31. The molecule has 6 heteroatoms. The fourth-order valence-corrected chi connectivity index (χ4v) is 2.86. The Morgan fingerprint density at radius 1 is 1.41 bits per heavy atom. The Balaban J connectivity index is 1.93. The van der Waals surface area contributed by atoms with E-state index in [1.54, 1.807) is 11.0 Å². The third-order valence-electron chi connectivity index (χ3n) is 4.27. The number of rotatable bonds is 5. The van der Waals surface area contributed by atoms with Crippen molar-refractivity contribution in [2.24, 2.45) is 7.05 Å². The second-order valence-corrected chi connectivity index (χ2v) is 7.26. The van der Waals surface area contributed by atoms with Gasteiger partial charge in [0.1, 0.15) is 12.1 Å². The molecule has 2 aromatic rings. The van der Waals surface area contributed by atoms with E-state index >= 15 is 0 Å². The van der Waals surface area contributed by atoms with Crippen molar-refractivity contribution in [3.05, 3.63) is 40.4 Å². The Morgan fingerprint density at radius 3 is 2.73 bits per heavy atom. The molecule has 0 radical (unpaired) electrons. The number of benzene rings is 1. The van der Waals surface area contributed by atoms with E-state index in [0.717, 1.165) is 24.2 Å². The first kappa shape index (κ1) is 15.6. The quantitative estimate of drug-likeness (QED) is 0.602. The van der Waals surface area contributed by atoms with Crippen LogP contribution in [0.4, 0.5) is 0 Å². The SMILES string of the molecule is Cc1cccc(OC(CC2(Cl)CC2)n2ncn(C)c2=S)c1C. The highest BCUT2D eigenvalue weighted by Gasteiger charge is 2.44. The van der Waals surface area contributed by atoms with Gasteiger partial charge in [0.05, 0.1) is 4.87 Å². The second-order valence-electron chi connectivity index (χ2n) is 6.09. The van der Waals surface area contributed by atoms with Gasteiger partial charge in [-0.15, -0.1) is 11.6 Å². The topological polar surface area (TPSA) is 32.0 Å². The number of hydrogen-bond acceptors (Lipinski definition) is 3. The largest absolute Gasteiger partial charge is 0.468 e. The first-order chi connectivity index (χ1) is 10.4. The zero-order chi connectivity index (χ0) is 15.9. The normalized spacial score (nSPS) is 17.3. The van der Waals surface area contributed by atoms with E-state index in [1.165, 1.54) is 5.56 Å². The zero-order valence-electron chi connectivity index (χ0n) is 13.0. The van der Waals surface area contributed by atoms with E-state index in [1.807, 2.05) is 23.7 Å². The molecule has 4 nitrogen and oxygen atoms in total. The molecule has 1 aliphatic rings. The van der Waals surface area contributed by atoms with Crippen molar-refractivity contribution in [1.29, 1.82) is 0 Å². The lowest BCUT2D eigenvalue weighted by Crippen LogP contribution is -2.22. The molecule has 0 spiro atoms. The molecule has 1 fully saturated rings. The van der Waals surface area contributed by atoms with Crippen molar-refractivity contribution in [1.82, 2.24) is 14.3 Å². The highest BCUT2D eigenvalue weighted by Crippen LogP contribution is 2.48. The highest BCUT2D eigenvalue weighted by atomic mass is 35.5. The van der Waals surface area contributed by atoms with Gasteiger partial charge in [0, 0.05) is 13.5 Å². The molecule has 118 valence electrons. The summed E-state index contributed by atoms with van der Waals surface area (Å²) in [6, 6.07) is 6.06. The fourth-order valence-electron chi connectivity index (χ4n) is 2.42. The van der Waals surface area contributed by atoms with Gasteiger partial charge in [0.25, 0.3) is 0 Å². The summed E-state index contributed by atoms with van der Waals surface area (Å²) in [5.74, 6) is 0.860. The maximum absolute atomic E-state index is 6.52. The minimum absolute atomic E-state index is 0.172. The van der Waals surface area contributed by atoms with Crippen molar-refractivity contribution in [3.63, 3.8) is 0 Å². The third-order valence-corrected chi connectivity index (χ3v) is 5.28. The first-order valence-corrected chi connectivity index (χ1v) is 8.20. The lowest BCUT2D eigenvalue weighted by Gasteiger charge is -2.23. The minimum Gasteiger partial charge on any atom is -0.468 e. The van der Waals surface area contributed by atoms with Crippen molar-refractivity contribution in [2.75, 3.05) is 0 Å². The van der Waals surface area contributed by atoms with Gasteiger partial charge in [-0.25, -0.2) is 0 Å². The van der Waals surface area contributed by atoms with Gasteiger partial charge in [-0.2, -0.15) is 9.78 Å². The van der Waals surface area contributed by atoms with Crippen LogP contribution in [0.3, 0.4) is 0 Å². The molecule has 1 aliphatic carbocycles. The number of hydrogen-bond donors (Lipinski definition) is 0. The summed E-state index contributed by atoms with van der Waals surface area (Å²) in [7, 11) is 1.88. The number of aromatic nitrogens is 3. The highest BCUT2D eigenvalue weighted by molar-refractivity contribution is 7.71. The van der Waals surface area contributed by atoms with Crippen molar-refractivity contribution in [2.45, 2.75) is 44.2 Å². The molecule has 1 aromatic carbocycles. The third kappa shape index (κ3) is 3.06. The molecule has 1 atom stereocenters. The van der Waals surface area contributed by atoms with E-state index in [0.29, 0.717) is 11.2 Å². The van der Waals surface area contributed by atoms with Crippen LogP contribution < -0.4 is 4.74 Å². The van der Waals surface area contributed by atoms with Crippen LogP contribution in [-0.4, -0.2) is 19.2 Å². The summed E-state index contributed by atoms with van der Waals surface area (Å²) in [5, 5.41) is 4.37. The summed E-state index contributed by atoms with van der Waals surface area (Å²) >= 11 is 12.0. The predicted molar refractivity (Wildman–Crippen MR) is 90.0 cm³/mol. The number of aryl methyl sites for hydroxylation is 2. The van der Waals surface area contributed by atoms with E-state index < -0.39 is 0 Å². The number of alkyl halides is 1. The lowest BCUT2D eigenvalue weighted by atomic mass is 10.1. The molecule has 1 aromatic heterocycles. The maximum Gasteiger partial charge on any atom is 0.200 e. The maximum atomic E-state index is 6.52. The summed E-state index contributed by atoms with van der Waals surface area (Å²) in [4.78, 5) is -0.172. The van der Waals surface area contributed by atoms with E-state index in [2.05, 4.69) is 25.0 Å². The van der Waals surface area contributed by atoms with E-state index in [4.69, 9.17) is 28.6 Å². The number of halogens is 1. The monoisotopic (exact) mass is 337 g/mol. The Labute approximate surface area is 140 Å². The molecule has 0 saturated heterocycles. The van der Waals surface area contributed by atoms with E-state index in [9.17, 15) is 0 Å². The molecule has 1 heterocycles. The molecule has 0 bridgehead atoms. The van der Waals surface area contributed by atoms with Crippen LogP contribution in [0.5, 0.6) is 5.75 Å². The summed E-state index contributed by atoms with van der Waals surface area (Å²) in [6.07, 6.45) is 4.15. The van der Waals surface area contributed by atoms with E-state index in [-0.39, 0.29) is 11.1 Å². The van der Waals surface area contributed by atoms with Gasteiger partial charge < -0.3 is 9.30 Å². The Morgan fingerprint density at radius 2 is 2.14 bits per heavy atom. The average molecular weight is 338 g/mol. The van der Waals surface area contributed by atoms with Gasteiger partial charge in [0.15, 0.2) is 6.23 Å². The van der Waals surface area contributed by atoms with Crippen LogP contribution in [-0.2, 0) is 7.05 Å².